The third kappa shape index (κ3) is 4.00. The minimum atomic E-state index is -0.444. The number of thiazole rings is 1. The molecule has 0 aliphatic carbocycles. The Bertz CT molecular complexity index is 1110. The fraction of sp³-hybridized carbons (Fsp3) is 0.286. The van der Waals surface area contributed by atoms with Crippen LogP contribution in [0.2, 0.25) is 0 Å². The molecule has 1 saturated heterocycles. The molecule has 2 N–H and O–H groups in total. The molecule has 1 atom stereocenters. The van der Waals surface area contributed by atoms with Crippen molar-refractivity contribution < 1.29 is 14.3 Å². The maximum atomic E-state index is 12.6. The number of benzene rings is 2. The summed E-state index contributed by atoms with van der Waals surface area (Å²) in [5.74, 6) is -0.318. The van der Waals surface area contributed by atoms with Gasteiger partial charge >= 0.3 is 0 Å². The van der Waals surface area contributed by atoms with Crippen LogP contribution in [0.5, 0.6) is 0 Å². The number of nitrogens with one attached hydrogen (secondary N) is 2. The van der Waals surface area contributed by atoms with Crippen LogP contribution in [0.3, 0.4) is 0 Å². The van der Waals surface area contributed by atoms with Crippen LogP contribution in [-0.2, 0) is 14.3 Å². The number of para-hydroxylation sites is 1. The van der Waals surface area contributed by atoms with Gasteiger partial charge in [0.15, 0.2) is 5.13 Å². The SMILES string of the molecule is O=C(C[C@@H]1Sc2ccccc2NC1=O)Nc1ccc2nc(N3CCOCC3)sc2c1. The van der Waals surface area contributed by atoms with Gasteiger partial charge in [0.25, 0.3) is 0 Å². The van der Waals surface area contributed by atoms with Crippen LogP contribution in [0.4, 0.5) is 16.5 Å². The van der Waals surface area contributed by atoms with E-state index < -0.39 is 5.25 Å². The van der Waals surface area contributed by atoms with Gasteiger partial charge in [0, 0.05) is 30.1 Å². The zero-order valence-electron chi connectivity index (χ0n) is 16.1. The lowest BCUT2D eigenvalue weighted by atomic mass is 10.2. The molecule has 2 amide bonds. The average molecular weight is 441 g/mol. The quantitative estimate of drug-likeness (QED) is 0.645. The number of thioether (sulfide) groups is 1. The number of aromatic nitrogens is 1. The lowest BCUT2D eigenvalue weighted by molar-refractivity contribution is -0.120. The van der Waals surface area contributed by atoms with Gasteiger partial charge in [0.2, 0.25) is 11.8 Å². The van der Waals surface area contributed by atoms with Gasteiger partial charge in [-0.2, -0.15) is 0 Å². The topological polar surface area (TPSA) is 83.6 Å². The second-order valence-electron chi connectivity index (χ2n) is 7.12. The van der Waals surface area contributed by atoms with Gasteiger partial charge < -0.3 is 20.3 Å². The second kappa shape index (κ2) is 8.25. The minimum Gasteiger partial charge on any atom is -0.378 e. The Morgan fingerprint density at radius 3 is 2.93 bits per heavy atom. The lowest BCUT2D eigenvalue weighted by Crippen LogP contribution is -2.36. The summed E-state index contributed by atoms with van der Waals surface area (Å²) in [6, 6.07) is 13.3. The number of hydrogen-bond acceptors (Lipinski definition) is 7. The van der Waals surface area contributed by atoms with Crippen LogP contribution in [-0.4, -0.2) is 48.4 Å². The predicted molar refractivity (Wildman–Crippen MR) is 121 cm³/mol. The second-order valence-corrected chi connectivity index (χ2v) is 9.38. The van der Waals surface area contributed by atoms with E-state index in [0.717, 1.165) is 39.0 Å². The monoisotopic (exact) mass is 440 g/mol. The van der Waals surface area contributed by atoms with Crippen molar-refractivity contribution in [3.8, 4) is 0 Å². The molecule has 0 spiro atoms. The first-order valence-corrected chi connectivity index (χ1v) is 11.4. The molecule has 0 saturated carbocycles. The van der Waals surface area contributed by atoms with E-state index >= 15 is 0 Å². The van der Waals surface area contributed by atoms with Crippen LogP contribution < -0.4 is 15.5 Å². The van der Waals surface area contributed by atoms with Crippen molar-refractivity contribution in [2.75, 3.05) is 41.8 Å². The van der Waals surface area contributed by atoms with Gasteiger partial charge in [-0.25, -0.2) is 4.98 Å². The zero-order chi connectivity index (χ0) is 20.5. The normalized spacial score (nSPS) is 18.7. The van der Waals surface area contributed by atoms with E-state index in [-0.39, 0.29) is 18.2 Å². The van der Waals surface area contributed by atoms with Crippen molar-refractivity contribution in [2.45, 2.75) is 16.6 Å². The summed E-state index contributed by atoms with van der Waals surface area (Å²) in [6.07, 6.45) is 0.116. The Kier molecular flexibility index (Phi) is 5.32. The summed E-state index contributed by atoms with van der Waals surface area (Å²) in [4.78, 5) is 32.8. The maximum Gasteiger partial charge on any atom is 0.238 e. The Balaban J connectivity index is 1.26. The standard InChI is InChI=1S/C21H20N4O3S2/c26-19(12-18-20(27)23-14-3-1-2-4-16(14)29-18)22-13-5-6-15-17(11-13)30-21(24-15)25-7-9-28-10-8-25/h1-6,11,18H,7-10,12H2,(H,22,26)(H,23,27)/t18-/m0/s1. The van der Waals surface area contributed by atoms with Crippen LogP contribution in [0.1, 0.15) is 6.42 Å². The highest BCUT2D eigenvalue weighted by Crippen LogP contribution is 2.37. The number of nitrogens with zero attached hydrogens (tertiary/aromatic N) is 2. The summed E-state index contributed by atoms with van der Waals surface area (Å²) < 4.78 is 6.43. The summed E-state index contributed by atoms with van der Waals surface area (Å²) in [5, 5.41) is 6.34. The molecule has 3 heterocycles. The maximum absolute atomic E-state index is 12.6. The highest BCUT2D eigenvalue weighted by molar-refractivity contribution is 8.01. The number of amides is 2. The Labute approximate surface area is 181 Å². The van der Waals surface area contributed by atoms with Crippen LogP contribution in [0, 0.1) is 0 Å². The van der Waals surface area contributed by atoms with E-state index in [1.807, 2.05) is 42.5 Å². The smallest absolute Gasteiger partial charge is 0.238 e. The van der Waals surface area contributed by atoms with E-state index in [0.29, 0.717) is 18.9 Å². The van der Waals surface area contributed by atoms with Gasteiger partial charge in [-0.1, -0.05) is 23.5 Å². The number of anilines is 3. The molecule has 154 valence electrons. The molecule has 7 nitrogen and oxygen atoms in total. The Morgan fingerprint density at radius 2 is 2.07 bits per heavy atom. The first kappa shape index (κ1) is 19.3. The van der Waals surface area contributed by atoms with Crippen LogP contribution in [0.25, 0.3) is 10.2 Å². The number of carbonyl (C=O) groups is 2. The number of rotatable bonds is 4. The number of carbonyl (C=O) groups excluding carboxylic acids is 2. The highest BCUT2D eigenvalue weighted by Gasteiger charge is 2.28. The summed E-state index contributed by atoms with van der Waals surface area (Å²) in [6.45, 7) is 3.12. The molecule has 9 heteroatoms. The van der Waals surface area contributed by atoms with Crippen molar-refractivity contribution >= 4 is 61.6 Å². The number of morpholine rings is 1. The summed E-state index contributed by atoms with van der Waals surface area (Å²) in [7, 11) is 0. The van der Waals surface area contributed by atoms with Crippen molar-refractivity contribution in [1.82, 2.24) is 4.98 Å². The molecule has 5 rings (SSSR count). The largest absolute Gasteiger partial charge is 0.378 e. The molecule has 3 aromatic rings. The van der Waals surface area contributed by atoms with Crippen LogP contribution in [0.15, 0.2) is 47.4 Å². The summed E-state index contributed by atoms with van der Waals surface area (Å²) in [5.41, 5.74) is 2.43. The molecule has 2 aromatic carbocycles. The molecule has 0 radical (unpaired) electrons. The van der Waals surface area contributed by atoms with Crippen LogP contribution >= 0.6 is 23.1 Å². The van der Waals surface area contributed by atoms with E-state index in [1.54, 1.807) is 11.3 Å². The van der Waals surface area contributed by atoms with Crippen molar-refractivity contribution in [3.05, 3.63) is 42.5 Å². The fourth-order valence-electron chi connectivity index (χ4n) is 3.49. The number of hydrogen-bond donors (Lipinski definition) is 2. The summed E-state index contributed by atoms with van der Waals surface area (Å²) >= 11 is 3.04. The minimum absolute atomic E-state index is 0.116. The molecule has 1 aromatic heterocycles. The van der Waals surface area contributed by atoms with Gasteiger partial charge in [-0.05, 0) is 30.3 Å². The van der Waals surface area contributed by atoms with Crippen molar-refractivity contribution in [3.63, 3.8) is 0 Å². The Morgan fingerprint density at radius 1 is 1.23 bits per heavy atom. The van der Waals surface area contributed by atoms with E-state index in [1.165, 1.54) is 11.8 Å². The van der Waals surface area contributed by atoms with Gasteiger partial charge in [0.05, 0.1) is 34.4 Å². The van der Waals surface area contributed by atoms with E-state index in [9.17, 15) is 9.59 Å². The lowest BCUT2D eigenvalue weighted by Gasteiger charge is -2.25. The number of fused-ring (bicyclic) bond motifs is 2. The van der Waals surface area contributed by atoms with E-state index in [2.05, 4.69) is 15.5 Å². The fourth-order valence-corrected chi connectivity index (χ4v) is 5.65. The zero-order valence-corrected chi connectivity index (χ0v) is 17.7. The Hall–Kier alpha value is -2.62. The van der Waals surface area contributed by atoms with Gasteiger partial charge in [0.1, 0.15) is 0 Å². The van der Waals surface area contributed by atoms with Gasteiger partial charge in [-0.3, -0.25) is 9.59 Å². The number of ether oxygens (including phenoxy) is 1. The molecule has 2 aliphatic rings. The molecular formula is C21H20N4O3S2. The third-order valence-corrected chi connectivity index (χ3v) is 7.37. The van der Waals surface area contributed by atoms with Gasteiger partial charge in [-0.15, -0.1) is 11.8 Å². The molecule has 0 unspecified atom stereocenters. The first-order valence-electron chi connectivity index (χ1n) is 9.75. The highest BCUT2D eigenvalue weighted by atomic mass is 32.2. The van der Waals surface area contributed by atoms with E-state index in [4.69, 9.17) is 9.72 Å². The predicted octanol–water partition coefficient (Wildman–Crippen LogP) is 3.57. The molecular weight excluding hydrogens is 420 g/mol. The molecule has 0 bridgehead atoms. The van der Waals surface area contributed by atoms with Crippen molar-refractivity contribution in [2.24, 2.45) is 0 Å². The third-order valence-electron chi connectivity index (χ3n) is 5.02. The molecule has 1 fully saturated rings. The molecule has 2 aliphatic heterocycles. The molecule has 30 heavy (non-hydrogen) atoms. The first-order chi connectivity index (χ1) is 14.7. The van der Waals surface area contributed by atoms with Crippen molar-refractivity contribution in [1.29, 1.82) is 0 Å². The average Bonchev–Trinajstić information content (AvgIpc) is 3.18.